The number of ether oxygens (including phenoxy) is 4. The zero-order valence-electron chi connectivity index (χ0n) is 63.7. The van der Waals surface area contributed by atoms with E-state index in [2.05, 4.69) is 137 Å². The van der Waals surface area contributed by atoms with Crippen LogP contribution in [0.5, 0.6) is 0 Å². The van der Waals surface area contributed by atoms with Crippen molar-refractivity contribution in [2.45, 2.75) is 329 Å². The van der Waals surface area contributed by atoms with Crippen LogP contribution in [0.15, 0.2) is 134 Å². The number of phosphoric acid groups is 2. The molecule has 17 nitrogen and oxygen atoms in total. The van der Waals surface area contributed by atoms with Gasteiger partial charge in [0.05, 0.1) is 26.4 Å². The lowest BCUT2D eigenvalue weighted by molar-refractivity contribution is -0.161. The van der Waals surface area contributed by atoms with Gasteiger partial charge in [0.1, 0.15) is 19.3 Å². The average Bonchev–Trinajstić information content (AvgIpc) is 0.966. The lowest BCUT2D eigenvalue weighted by atomic mass is 10.1. The van der Waals surface area contributed by atoms with E-state index in [0.29, 0.717) is 38.5 Å². The van der Waals surface area contributed by atoms with Gasteiger partial charge in [0.2, 0.25) is 0 Å². The molecule has 0 rings (SSSR count). The molecule has 2 unspecified atom stereocenters. The van der Waals surface area contributed by atoms with Crippen molar-refractivity contribution in [1.29, 1.82) is 0 Å². The highest BCUT2D eigenvalue weighted by molar-refractivity contribution is 7.47. The fourth-order valence-electron chi connectivity index (χ4n) is 10.0. The molecule has 0 fully saturated rings. The average molecular weight is 1470 g/mol. The number of unbranched alkanes of at least 4 members (excludes halogenated alkanes) is 26. The predicted molar refractivity (Wildman–Crippen MR) is 418 cm³/mol. The molecule has 0 radical (unpaired) electrons. The summed E-state index contributed by atoms with van der Waals surface area (Å²) in [7, 11) is -10.0. The number of phosphoric ester groups is 2. The molecule has 102 heavy (non-hydrogen) atoms. The zero-order valence-corrected chi connectivity index (χ0v) is 65.5. The molecule has 0 spiro atoms. The molecule has 584 valence electrons. The molecule has 0 aliphatic rings. The number of aliphatic hydroxyl groups is 1. The molecule has 0 aliphatic heterocycles. The van der Waals surface area contributed by atoms with Crippen LogP contribution < -0.4 is 0 Å². The first-order chi connectivity index (χ1) is 49.7. The minimum absolute atomic E-state index is 0.0112. The number of carbonyl (C=O) groups is 4. The molecule has 19 heteroatoms. The summed E-state index contributed by atoms with van der Waals surface area (Å²) in [5.74, 6) is -2.33. The molecule has 0 saturated heterocycles. The summed E-state index contributed by atoms with van der Waals surface area (Å²) in [4.78, 5) is 72.9. The van der Waals surface area contributed by atoms with Crippen LogP contribution in [0.2, 0.25) is 0 Å². The summed E-state index contributed by atoms with van der Waals surface area (Å²) >= 11 is 0. The van der Waals surface area contributed by atoms with Gasteiger partial charge in [0.25, 0.3) is 0 Å². The summed E-state index contributed by atoms with van der Waals surface area (Å²) in [6.45, 7) is 4.63. The third-order valence-corrected chi connectivity index (χ3v) is 18.0. The number of allylic oxidation sites excluding steroid dienone is 22. The number of aliphatic hydroxyl groups excluding tert-OH is 1. The van der Waals surface area contributed by atoms with Crippen LogP contribution in [-0.2, 0) is 65.4 Å². The van der Waals surface area contributed by atoms with Gasteiger partial charge >= 0.3 is 39.5 Å². The van der Waals surface area contributed by atoms with Crippen molar-refractivity contribution in [3.05, 3.63) is 134 Å². The third kappa shape index (κ3) is 73.5. The van der Waals surface area contributed by atoms with E-state index < -0.39 is 97.5 Å². The highest BCUT2D eigenvalue weighted by Gasteiger charge is 2.30. The monoisotopic (exact) mass is 1470 g/mol. The van der Waals surface area contributed by atoms with Crippen molar-refractivity contribution in [3.8, 4) is 0 Å². The van der Waals surface area contributed by atoms with Gasteiger partial charge in [0.15, 0.2) is 12.2 Å². The topological polar surface area (TPSA) is 237 Å². The Morgan fingerprint density at radius 2 is 0.520 bits per heavy atom. The van der Waals surface area contributed by atoms with Crippen molar-refractivity contribution >= 4 is 39.5 Å². The quantitative estimate of drug-likeness (QED) is 0.0128. The first-order valence-corrected chi connectivity index (χ1v) is 42.4. The number of hydrogen-bond acceptors (Lipinski definition) is 15. The normalized spacial score (nSPS) is 14.6. The second-order valence-electron chi connectivity index (χ2n) is 26.0. The van der Waals surface area contributed by atoms with E-state index in [0.717, 1.165) is 128 Å². The van der Waals surface area contributed by atoms with Crippen LogP contribution in [0.4, 0.5) is 0 Å². The fourth-order valence-corrected chi connectivity index (χ4v) is 11.6. The van der Waals surface area contributed by atoms with E-state index in [1.807, 2.05) is 24.3 Å². The van der Waals surface area contributed by atoms with Crippen molar-refractivity contribution in [3.63, 3.8) is 0 Å². The number of hydrogen-bond donors (Lipinski definition) is 3. The van der Waals surface area contributed by atoms with Gasteiger partial charge in [0, 0.05) is 25.7 Å². The molecule has 0 aromatic rings. The van der Waals surface area contributed by atoms with Gasteiger partial charge in [-0.25, -0.2) is 9.13 Å². The van der Waals surface area contributed by atoms with Crippen molar-refractivity contribution in [2.24, 2.45) is 0 Å². The standard InChI is InChI=1S/C83H140O17P2/c1-5-9-13-17-21-25-29-33-36-38-41-45-49-53-57-61-65-69-82(87)99-78(73-93-80(85)67-63-59-55-51-47-43-32-28-24-20-16-12-8-4)75-97-101(89,90)95-71-77(84)72-96-102(91,92)98-76-79(74-94-81(86)68-64-60-56-52-48-44-40-35-31-27-23-19-15-11-7-3)100-83(88)70-66-62-58-54-50-46-42-39-37-34-30-26-22-18-14-10-6-2/h21-22,25-28,31-37,40-42,45-46,53-54,57-58,77-79,84H,5-20,23-24,29-30,38-39,43-44,47-52,55-56,59-76H2,1-4H3,(H,89,90)(H,91,92)/b25-21-,26-22-,31-27-,32-28-,36-33-,37-34-,40-35-,45-41-,46-42-,57-53-,58-54-/t77-,78+,79+/m0/s1. The predicted octanol–water partition coefficient (Wildman–Crippen LogP) is 22.9. The molecular formula is C83H140O17P2. The fraction of sp³-hybridized carbons (Fsp3) is 0.687. The summed E-state index contributed by atoms with van der Waals surface area (Å²) < 4.78 is 68.4. The molecule has 0 aromatic heterocycles. The second-order valence-corrected chi connectivity index (χ2v) is 28.9. The highest BCUT2D eigenvalue weighted by Crippen LogP contribution is 2.45. The SMILES string of the molecule is CCCCC/C=C\C/C=C\C/C=C\C/C=C\CCCC(=O)O[C@H](COC(=O)CCCCCCC/C=C\C=C/CCCCCC)COP(=O)(O)OC[C@@H](O)COP(=O)(O)OC[C@@H](COC(=O)CCCCCCC/C=C\CCCCCC)OC(=O)CCC/C=C\C/C=C\C/C=C\C/C=C\CCCCC. The lowest BCUT2D eigenvalue weighted by Crippen LogP contribution is -2.30. The van der Waals surface area contributed by atoms with Crippen molar-refractivity contribution < 1.29 is 80.2 Å². The Morgan fingerprint density at radius 3 is 0.853 bits per heavy atom. The van der Waals surface area contributed by atoms with E-state index in [1.54, 1.807) is 0 Å². The number of carbonyl (C=O) groups excluding carboxylic acids is 4. The van der Waals surface area contributed by atoms with Gasteiger partial charge < -0.3 is 33.8 Å². The Kier molecular flexibility index (Phi) is 71.0. The Balaban J connectivity index is 5.49. The molecule has 0 aliphatic carbocycles. The molecule has 5 atom stereocenters. The van der Waals surface area contributed by atoms with Crippen LogP contribution in [-0.4, -0.2) is 96.7 Å². The van der Waals surface area contributed by atoms with Gasteiger partial charge in [-0.05, 0) is 154 Å². The zero-order chi connectivity index (χ0) is 74.6. The smallest absolute Gasteiger partial charge is 0.462 e. The van der Waals surface area contributed by atoms with E-state index in [-0.39, 0.29) is 25.7 Å². The van der Waals surface area contributed by atoms with Crippen LogP contribution in [0, 0.1) is 0 Å². The molecule has 3 N–H and O–H groups in total. The summed E-state index contributed by atoms with van der Waals surface area (Å²) in [5, 5.41) is 10.6. The van der Waals surface area contributed by atoms with Crippen molar-refractivity contribution in [2.75, 3.05) is 39.6 Å². The summed E-state index contributed by atoms with van der Waals surface area (Å²) in [6.07, 6.45) is 83.0. The molecule has 0 heterocycles. The van der Waals surface area contributed by atoms with Crippen molar-refractivity contribution in [1.82, 2.24) is 0 Å². The van der Waals surface area contributed by atoms with Crippen LogP contribution >= 0.6 is 15.6 Å². The Labute approximate surface area is 618 Å². The van der Waals surface area contributed by atoms with Crippen LogP contribution in [0.25, 0.3) is 0 Å². The van der Waals surface area contributed by atoms with E-state index in [1.165, 1.54) is 89.9 Å². The highest BCUT2D eigenvalue weighted by atomic mass is 31.2. The number of esters is 4. The summed E-state index contributed by atoms with van der Waals surface area (Å²) in [6, 6.07) is 0. The largest absolute Gasteiger partial charge is 0.472 e. The van der Waals surface area contributed by atoms with Gasteiger partial charge in [-0.1, -0.05) is 264 Å². The lowest BCUT2D eigenvalue weighted by Gasteiger charge is -2.21. The first kappa shape index (κ1) is 97.2. The maximum atomic E-state index is 13.1. The molecule has 0 bridgehead atoms. The maximum Gasteiger partial charge on any atom is 0.472 e. The van der Waals surface area contributed by atoms with Crippen LogP contribution in [0.1, 0.15) is 310 Å². The Hall–Kier alpha value is -4.80. The first-order valence-electron chi connectivity index (χ1n) is 39.4. The van der Waals surface area contributed by atoms with E-state index >= 15 is 0 Å². The second kappa shape index (κ2) is 74.5. The van der Waals surface area contributed by atoms with E-state index in [4.69, 9.17) is 37.0 Å². The minimum Gasteiger partial charge on any atom is -0.462 e. The Morgan fingerprint density at radius 1 is 0.284 bits per heavy atom. The minimum atomic E-state index is -5.00. The molecular weight excluding hydrogens is 1330 g/mol. The van der Waals surface area contributed by atoms with E-state index in [9.17, 15) is 43.2 Å². The number of rotatable bonds is 73. The molecule has 0 aromatic carbocycles. The third-order valence-electron chi connectivity index (χ3n) is 16.1. The van der Waals surface area contributed by atoms with Gasteiger partial charge in [-0.3, -0.25) is 37.3 Å². The molecule has 0 saturated carbocycles. The van der Waals surface area contributed by atoms with Crippen LogP contribution in [0.3, 0.4) is 0 Å². The maximum absolute atomic E-state index is 13.1. The summed E-state index contributed by atoms with van der Waals surface area (Å²) in [5.41, 5.74) is 0. The Bertz CT molecular complexity index is 2460. The van der Waals surface area contributed by atoms with Gasteiger partial charge in [-0.15, -0.1) is 0 Å². The van der Waals surface area contributed by atoms with Gasteiger partial charge in [-0.2, -0.15) is 0 Å². The molecule has 0 amide bonds.